The molecule has 9 heteroatoms. The molecule has 0 bridgehead atoms. The van der Waals surface area contributed by atoms with Crippen LogP contribution in [0.4, 0.5) is 5.69 Å². The third-order valence-electron chi connectivity index (χ3n) is 5.25. The number of hydrogen-bond acceptors (Lipinski definition) is 6. The lowest BCUT2D eigenvalue weighted by molar-refractivity contribution is -0.119. The number of nitrogens with zero attached hydrogens (tertiary/aromatic N) is 1. The van der Waals surface area contributed by atoms with Crippen molar-refractivity contribution in [1.29, 1.82) is 0 Å². The Morgan fingerprint density at radius 1 is 0.857 bits per heavy atom. The van der Waals surface area contributed by atoms with Crippen LogP contribution in [0.2, 0.25) is 0 Å². The first kappa shape index (κ1) is 25.9. The summed E-state index contributed by atoms with van der Waals surface area (Å²) in [4.78, 5) is 12.9. The fourth-order valence-corrected chi connectivity index (χ4v) is 4.77. The fourth-order valence-electron chi connectivity index (χ4n) is 3.35. The molecule has 0 atom stereocenters. The van der Waals surface area contributed by atoms with Crippen LogP contribution in [0, 0.1) is 13.8 Å². The number of sulfonamides is 1. The number of hydrogen-bond donors (Lipinski definition) is 1. The van der Waals surface area contributed by atoms with E-state index < -0.39 is 22.5 Å². The van der Waals surface area contributed by atoms with E-state index in [0.29, 0.717) is 17.2 Å². The van der Waals surface area contributed by atoms with Crippen molar-refractivity contribution < 1.29 is 27.4 Å². The molecule has 0 aliphatic heterocycles. The second-order valence-corrected chi connectivity index (χ2v) is 9.74. The van der Waals surface area contributed by atoms with E-state index in [9.17, 15) is 13.2 Å². The highest BCUT2D eigenvalue weighted by Crippen LogP contribution is 2.33. The zero-order chi connectivity index (χ0) is 25.4. The van der Waals surface area contributed by atoms with Gasteiger partial charge in [0.2, 0.25) is 5.91 Å². The van der Waals surface area contributed by atoms with Crippen molar-refractivity contribution in [3.05, 3.63) is 77.9 Å². The summed E-state index contributed by atoms with van der Waals surface area (Å²) in [5.74, 6) is 1.23. The number of benzene rings is 3. The van der Waals surface area contributed by atoms with Gasteiger partial charge in [0, 0.05) is 0 Å². The van der Waals surface area contributed by atoms with Crippen molar-refractivity contribution in [2.24, 2.45) is 0 Å². The molecule has 0 aliphatic rings. The van der Waals surface area contributed by atoms with E-state index >= 15 is 0 Å². The molecule has 0 heterocycles. The molecule has 3 aromatic carbocycles. The highest BCUT2D eigenvalue weighted by atomic mass is 32.2. The maximum Gasteiger partial charge on any atom is 0.264 e. The molecule has 0 saturated heterocycles. The lowest BCUT2D eigenvalue weighted by Crippen LogP contribution is -2.42. The minimum Gasteiger partial charge on any atom is -0.497 e. The Morgan fingerprint density at radius 3 is 2.11 bits per heavy atom. The van der Waals surface area contributed by atoms with Gasteiger partial charge >= 0.3 is 0 Å². The lowest BCUT2D eigenvalue weighted by Gasteiger charge is -2.26. The van der Waals surface area contributed by atoms with E-state index in [1.165, 1.54) is 19.2 Å². The third kappa shape index (κ3) is 6.66. The highest BCUT2D eigenvalue weighted by Gasteiger charge is 2.29. The van der Waals surface area contributed by atoms with Crippen LogP contribution in [0.3, 0.4) is 0 Å². The Morgan fingerprint density at radius 2 is 1.49 bits per heavy atom. The van der Waals surface area contributed by atoms with E-state index in [2.05, 4.69) is 5.32 Å². The van der Waals surface area contributed by atoms with E-state index in [4.69, 9.17) is 14.2 Å². The van der Waals surface area contributed by atoms with E-state index in [1.807, 2.05) is 19.9 Å². The van der Waals surface area contributed by atoms with Crippen LogP contribution < -0.4 is 23.8 Å². The number of methoxy groups -OCH3 is 2. The second kappa shape index (κ2) is 11.6. The Bertz CT molecular complexity index is 1240. The predicted octanol–water partition coefficient (Wildman–Crippen LogP) is 3.71. The van der Waals surface area contributed by atoms with Crippen molar-refractivity contribution in [2.45, 2.75) is 18.7 Å². The standard InChI is InChI=1S/C26H30N2O6S/c1-19-5-12-23(13-6-19)35(30,31)28(24-17-20(2)7-14-25(24)33-4)18-26(29)27-15-16-34-22-10-8-21(32-3)9-11-22/h5-14,17H,15-16,18H2,1-4H3,(H,27,29). The summed E-state index contributed by atoms with van der Waals surface area (Å²) in [7, 11) is -1.00. The number of rotatable bonds is 11. The van der Waals surface area contributed by atoms with Gasteiger partial charge in [0.1, 0.15) is 30.4 Å². The molecule has 8 nitrogen and oxygen atoms in total. The van der Waals surface area contributed by atoms with Crippen LogP contribution in [0.1, 0.15) is 11.1 Å². The largest absolute Gasteiger partial charge is 0.497 e. The molecule has 0 spiro atoms. The van der Waals surface area contributed by atoms with E-state index in [1.54, 1.807) is 55.6 Å². The topological polar surface area (TPSA) is 94.2 Å². The first-order chi connectivity index (χ1) is 16.7. The molecule has 1 amide bonds. The summed E-state index contributed by atoms with van der Waals surface area (Å²) in [5.41, 5.74) is 2.05. The maximum atomic E-state index is 13.6. The molecule has 0 fully saturated rings. The molecule has 1 N–H and O–H groups in total. The third-order valence-corrected chi connectivity index (χ3v) is 7.03. The van der Waals surface area contributed by atoms with Crippen molar-refractivity contribution in [2.75, 3.05) is 38.2 Å². The molecule has 3 rings (SSSR count). The summed E-state index contributed by atoms with van der Waals surface area (Å²) in [6.45, 7) is 3.72. The molecule has 0 aliphatic carbocycles. The van der Waals surface area contributed by atoms with Crippen LogP contribution >= 0.6 is 0 Å². The van der Waals surface area contributed by atoms with Gasteiger partial charge in [-0.15, -0.1) is 0 Å². The number of amides is 1. The van der Waals surface area contributed by atoms with Gasteiger partial charge < -0.3 is 19.5 Å². The quantitative estimate of drug-likeness (QED) is 0.405. The number of carbonyl (C=O) groups excluding carboxylic acids is 1. The Hall–Kier alpha value is -3.72. The number of aryl methyl sites for hydroxylation is 2. The molecule has 0 radical (unpaired) electrons. The van der Waals surface area contributed by atoms with Gasteiger partial charge in [0.15, 0.2) is 0 Å². The van der Waals surface area contributed by atoms with Crippen molar-refractivity contribution in [3.63, 3.8) is 0 Å². The normalized spacial score (nSPS) is 11.0. The van der Waals surface area contributed by atoms with Crippen LogP contribution in [0.5, 0.6) is 17.2 Å². The van der Waals surface area contributed by atoms with Crippen molar-refractivity contribution in [3.8, 4) is 17.2 Å². The lowest BCUT2D eigenvalue weighted by atomic mass is 10.2. The summed E-state index contributed by atoms with van der Waals surface area (Å²) in [6, 6.07) is 18.8. The zero-order valence-electron chi connectivity index (χ0n) is 20.3. The summed E-state index contributed by atoms with van der Waals surface area (Å²) >= 11 is 0. The molecule has 186 valence electrons. The van der Waals surface area contributed by atoms with E-state index in [0.717, 1.165) is 15.4 Å². The van der Waals surface area contributed by atoms with Crippen LogP contribution in [-0.4, -0.2) is 48.2 Å². The van der Waals surface area contributed by atoms with Gasteiger partial charge in [-0.1, -0.05) is 23.8 Å². The maximum absolute atomic E-state index is 13.6. The molecule has 0 saturated carbocycles. The molecule has 0 aromatic heterocycles. The smallest absolute Gasteiger partial charge is 0.264 e. The molecule has 3 aromatic rings. The van der Waals surface area contributed by atoms with Crippen LogP contribution in [-0.2, 0) is 14.8 Å². The summed E-state index contributed by atoms with van der Waals surface area (Å²) in [6.07, 6.45) is 0. The number of ether oxygens (including phenoxy) is 3. The van der Waals surface area contributed by atoms with Crippen LogP contribution in [0.25, 0.3) is 0 Å². The fraction of sp³-hybridized carbons (Fsp3) is 0.269. The molecule has 0 unspecified atom stereocenters. The average Bonchev–Trinajstić information content (AvgIpc) is 2.85. The first-order valence-corrected chi connectivity index (χ1v) is 12.5. The van der Waals surface area contributed by atoms with Gasteiger partial charge in [-0.2, -0.15) is 0 Å². The monoisotopic (exact) mass is 498 g/mol. The minimum absolute atomic E-state index is 0.0855. The number of nitrogens with one attached hydrogen (secondary N) is 1. The van der Waals surface area contributed by atoms with Gasteiger partial charge in [-0.25, -0.2) is 8.42 Å². The molecular formula is C26H30N2O6S. The van der Waals surface area contributed by atoms with E-state index in [-0.39, 0.29) is 23.7 Å². The molecular weight excluding hydrogens is 468 g/mol. The average molecular weight is 499 g/mol. The number of carbonyl (C=O) groups is 1. The Labute approximate surface area is 206 Å². The number of anilines is 1. The zero-order valence-corrected chi connectivity index (χ0v) is 21.1. The van der Waals surface area contributed by atoms with Crippen molar-refractivity contribution in [1.82, 2.24) is 5.32 Å². The summed E-state index contributed by atoms with van der Waals surface area (Å²) < 4.78 is 44.4. The van der Waals surface area contributed by atoms with Crippen LogP contribution in [0.15, 0.2) is 71.6 Å². The molecule has 35 heavy (non-hydrogen) atoms. The summed E-state index contributed by atoms with van der Waals surface area (Å²) in [5, 5.41) is 2.72. The van der Waals surface area contributed by atoms with Gasteiger partial charge in [0.05, 0.1) is 31.3 Å². The van der Waals surface area contributed by atoms with Crippen molar-refractivity contribution >= 4 is 21.6 Å². The predicted molar refractivity (Wildman–Crippen MR) is 135 cm³/mol. The minimum atomic E-state index is -4.05. The Balaban J connectivity index is 1.76. The van der Waals surface area contributed by atoms with Gasteiger partial charge in [-0.05, 0) is 67.9 Å². The SMILES string of the molecule is COc1ccc(OCCNC(=O)CN(c2cc(C)ccc2OC)S(=O)(=O)c2ccc(C)cc2)cc1. The van der Waals surface area contributed by atoms with Gasteiger partial charge in [-0.3, -0.25) is 9.10 Å². The first-order valence-electron chi connectivity index (χ1n) is 11.0. The Kier molecular flexibility index (Phi) is 8.59. The second-order valence-electron chi connectivity index (χ2n) is 7.87. The highest BCUT2D eigenvalue weighted by molar-refractivity contribution is 7.92. The van der Waals surface area contributed by atoms with Gasteiger partial charge in [0.25, 0.3) is 10.0 Å².